The molecule has 0 fully saturated rings. The van der Waals surface area contributed by atoms with E-state index in [1.165, 1.54) is 38.2 Å². The first kappa shape index (κ1) is 20.6. The number of esters is 1. The Morgan fingerprint density at radius 3 is 2.19 bits per heavy atom. The third-order valence-corrected chi connectivity index (χ3v) is 5.34. The highest BCUT2D eigenvalue weighted by molar-refractivity contribution is 7.89. The molecular weight excluding hydrogens is 368 g/mol. The molecule has 0 radical (unpaired) electrons. The molecule has 0 aromatic heterocycles. The summed E-state index contributed by atoms with van der Waals surface area (Å²) >= 11 is 0. The monoisotopic (exact) mass is 390 g/mol. The molecule has 1 amide bonds. The highest BCUT2D eigenvalue weighted by Gasteiger charge is 2.19. The van der Waals surface area contributed by atoms with Crippen molar-refractivity contribution in [3.05, 3.63) is 65.2 Å². The predicted molar refractivity (Wildman–Crippen MR) is 101 cm³/mol. The summed E-state index contributed by atoms with van der Waals surface area (Å²) < 4.78 is 30.7. The zero-order valence-corrected chi connectivity index (χ0v) is 16.2. The van der Waals surface area contributed by atoms with Crippen LogP contribution in [0.5, 0.6) is 0 Å². The molecule has 27 heavy (non-hydrogen) atoms. The second-order valence-electron chi connectivity index (χ2n) is 5.98. The minimum atomic E-state index is -3.58. The van der Waals surface area contributed by atoms with Gasteiger partial charge < -0.3 is 10.1 Å². The van der Waals surface area contributed by atoms with Gasteiger partial charge in [-0.2, -0.15) is 0 Å². The van der Waals surface area contributed by atoms with E-state index in [1.54, 1.807) is 0 Å². The molecule has 0 spiro atoms. The number of rotatable bonds is 7. The molecule has 2 aromatic carbocycles. The fourth-order valence-corrected chi connectivity index (χ4v) is 2.94. The lowest BCUT2D eigenvalue weighted by atomic mass is 10.1. The molecule has 2 N–H and O–H groups in total. The van der Waals surface area contributed by atoms with Gasteiger partial charge in [-0.05, 0) is 50.7 Å². The molecule has 8 heteroatoms. The van der Waals surface area contributed by atoms with Crippen LogP contribution >= 0.6 is 0 Å². The van der Waals surface area contributed by atoms with Crippen molar-refractivity contribution in [1.29, 1.82) is 0 Å². The Morgan fingerprint density at radius 1 is 1.04 bits per heavy atom. The zero-order valence-electron chi connectivity index (χ0n) is 15.4. The van der Waals surface area contributed by atoms with Gasteiger partial charge in [-0.25, -0.2) is 17.9 Å². The molecule has 2 aromatic rings. The number of benzene rings is 2. The molecule has 1 unspecified atom stereocenters. The summed E-state index contributed by atoms with van der Waals surface area (Å²) in [6, 6.07) is 13.0. The molecule has 0 heterocycles. The van der Waals surface area contributed by atoms with E-state index in [2.05, 4.69) is 10.0 Å². The third-order valence-electron chi connectivity index (χ3n) is 3.91. The normalized spacial score (nSPS) is 12.3. The highest BCUT2D eigenvalue weighted by atomic mass is 32.2. The van der Waals surface area contributed by atoms with Crippen LogP contribution in [0.2, 0.25) is 0 Å². The van der Waals surface area contributed by atoms with Crippen LogP contribution < -0.4 is 10.0 Å². The number of carbonyl (C=O) groups is 2. The van der Waals surface area contributed by atoms with Crippen LogP contribution in [-0.4, -0.2) is 33.4 Å². The first-order chi connectivity index (χ1) is 12.7. The van der Waals surface area contributed by atoms with Gasteiger partial charge >= 0.3 is 5.97 Å². The predicted octanol–water partition coefficient (Wildman–Crippen LogP) is 1.76. The molecule has 144 valence electrons. The molecule has 7 nitrogen and oxygen atoms in total. The van der Waals surface area contributed by atoms with E-state index in [4.69, 9.17) is 4.74 Å². The maximum absolute atomic E-state index is 12.1. The maximum Gasteiger partial charge on any atom is 0.338 e. The molecule has 0 bridgehead atoms. The van der Waals surface area contributed by atoms with E-state index in [0.717, 1.165) is 11.1 Å². The molecular formula is C19H22N2O5S. The van der Waals surface area contributed by atoms with E-state index in [-0.39, 0.29) is 10.5 Å². The van der Waals surface area contributed by atoms with Gasteiger partial charge in [0, 0.05) is 6.54 Å². The van der Waals surface area contributed by atoms with Gasteiger partial charge in [-0.15, -0.1) is 0 Å². The number of amides is 1. The van der Waals surface area contributed by atoms with Crippen LogP contribution in [0.3, 0.4) is 0 Å². The lowest BCUT2D eigenvalue weighted by Gasteiger charge is -2.14. The van der Waals surface area contributed by atoms with Gasteiger partial charge in [-0.3, -0.25) is 4.79 Å². The van der Waals surface area contributed by atoms with Crippen molar-refractivity contribution in [3.8, 4) is 0 Å². The quantitative estimate of drug-likeness (QED) is 0.702. The average molecular weight is 390 g/mol. The Morgan fingerprint density at radius 2 is 1.63 bits per heavy atom. The van der Waals surface area contributed by atoms with Crippen molar-refractivity contribution >= 4 is 21.9 Å². The first-order valence-electron chi connectivity index (χ1n) is 8.31. The summed E-state index contributed by atoms with van der Waals surface area (Å²) in [6.07, 6.45) is -0.983. The lowest BCUT2D eigenvalue weighted by molar-refractivity contribution is -0.129. The van der Waals surface area contributed by atoms with Gasteiger partial charge in [0.2, 0.25) is 10.0 Å². The van der Waals surface area contributed by atoms with Gasteiger partial charge in [0.15, 0.2) is 6.10 Å². The number of nitrogens with one attached hydrogen (secondary N) is 2. The molecule has 0 saturated heterocycles. The van der Waals surface area contributed by atoms with Gasteiger partial charge in [0.25, 0.3) is 5.91 Å². The second kappa shape index (κ2) is 8.79. The minimum Gasteiger partial charge on any atom is -0.449 e. The number of aryl methyl sites for hydroxylation is 1. The first-order valence-corrected chi connectivity index (χ1v) is 9.79. The smallest absolute Gasteiger partial charge is 0.338 e. The molecule has 1 atom stereocenters. The standard InChI is InChI=1S/C19H22N2O5S/c1-13-4-6-15(7-5-13)12-21-18(22)14(2)26-19(23)16-8-10-17(11-9-16)27(24,25)20-3/h4-11,14,20H,12H2,1-3H3,(H,21,22). The fraction of sp³-hybridized carbons (Fsp3) is 0.263. The number of carbonyl (C=O) groups excluding carboxylic acids is 2. The minimum absolute atomic E-state index is 0.0328. The number of hydrogen-bond acceptors (Lipinski definition) is 5. The van der Waals surface area contributed by atoms with Crippen molar-refractivity contribution < 1.29 is 22.7 Å². The average Bonchev–Trinajstić information content (AvgIpc) is 2.67. The third kappa shape index (κ3) is 5.63. The van der Waals surface area contributed by atoms with Crippen molar-refractivity contribution in [1.82, 2.24) is 10.0 Å². The SMILES string of the molecule is CNS(=O)(=O)c1ccc(C(=O)OC(C)C(=O)NCc2ccc(C)cc2)cc1. The van der Waals surface area contributed by atoms with Crippen molar-refractivity contribution in [2.45, 2.75) is 31.4 Å². The van der Waals surface area contributed by atoms with Crippen LogP contribution in [-0.2, 0) is 26.1 Å². The second-order valence-corrected chi connectivity index (χ2v) is 7.87. The topological polar surface area (TPSA) is 102 Å². The molecule has 0 aliphatic carbocycles. The molecule has 0 aliphatic rings. The fourth-order valence-electron chi connectivity index (χ4n) is 2.21. The van der Waals surface area contributed by atoms with E-state index in [9.17, 15) is 18.0 Å². The zero-order chi connectivity index (χ0) is 20.0. The van der Waals surface area contributed by atoms with Crippen molar-refractivity contribution in [3.63, 3.8) is 0 Å². The van der Waals surface area contributed by atoms with Crippen LogP contribution in [0.15, 0.2) is 53.4 Å². The van der Waals surface area contributed by atoms with Crippen LogP contribution in [0, 0.1) is 6.92 Å². The Bertz CT molecular complexity index is 906. The Labute approximate surface area is 158 Å². The Balaban J connectivity index is 1.92. The lowest BCUT2D eigenvalue weighted by Crippen LogP contribution is -2.35. The van der Waals surface area contributed by atoms with Crippen molar-refractivity contribution in [2.24, 2.45) is 0 Å². The summed E-state index contributed by atoms with van der Waals surface area (Å²) in [5.74, 6) is -1.13. The van der Waals surface area contributed by atoms with E-state index in [0.29, 0.717) is 6.54 Å². The summed E-state index contributed by atoms with van der Waals surface area (Å²) in [4.78, 5) is 24.3. The van der Waals surface area contributed by atoms with E-state index < -0.39 is 28.0 Å². The number of ether oxygens (including phenoxy) is 1. The summed E-state index contributed by atoms with van der Waals surface area (Å²) in [7, 11) is -2.28. The van der Waals surface area contributed by atoms with Crippen LogP contribution in [0.1, 0.15) is 28.4 Å². The summed E-state index contributed by atoms with van der Waals surface area (Å²) in [5, 5.41) is 2.71. The highest BCUT2D eigenvalue weighted by Crippen LogP contribution is 2.12. The Kier molecular flexibility index (Phi) is 6.70. The van der Waals surface area contributed by atoms with E-state index >= 15 is 0 Å². The van der Waals surface area contributed by atoms with Gasteiger partial charge in [0.1, 0.15) is 0 Å². The van der Waals surface area contributed by atoms with Crippen molar-refractivity contribution in [2.75, 3.05) is 7.05 Å². The molecule has 0 saturated carbocycles. The molecule has 2 rings (SSSR count). The summed E-state index contributed by atoms with van der Waals surface area (Å²) in [6.45, 7) is 3.78. The number of hydrogen-bond donors (Lipinski definition) is 2. The summed E-state index contributed by atoms with van der Waals surface area (Å²) in [5.41, 5.74) is 2.22. The van der Waals surface area contributed by atoms with Crippen LogP contribution in [0.25, 0.3) is 0 Å². The molecule has 0 aliphatic heterocycles. The van der Waals surface area contributed by atoms with Crippen LogP contribution in [0.4, 0.5) is 0 Å². The van der Waals surface area contributed by atoms with Gasteiger partial charge in [-0.1, -0.05) is 29.8 Å². The van der Waals surface area contributed by atoms with Gasteiger partial charge in [0.05, 0.1) is 10.5 Å². The maximum atomic E-state index is 12.1. The number of sulfonamides is 1. The largest absolute Gasteiger partial charge is 0.449 e. The Hall–Kier alpha value is -2.71. The van der Waals surface area contributed by atoms with E-state index in [1.807, 2.05) is 31.2 Å².